The first-order valence-corrected chi connectivity index (χ1v) is 3.97. The summed E-state index contributed by atoms with van der Waals surface area (Å²) in [7, 11) is 0.964. The number of ether oxygens (including phenoxy) is 1. The summed E-state index contributed by atoms with van der Waals surface area (Å²) >= 11 is 0. The Morgan fingerprint density at radius 3 is 2.44 bits per heavy atom. The highest BCUT2D eigenvalue weighted by atomic mass is 19.2. The van der Waals surface area contributed by atoms with Crippen LogP contribution in [0.1, 0.15) is 5.56 Å². The molecule has 0 saturated carbocycles. The van der Waals surface area contributed by atoms with Gasteiger partial charge < -0.3 is 9.94 Å². The standard InChI is InChI=1S/C9H6F3NO3/c1-16-9(14)8(13-15)4-2-3-5(10)7(12)6(4)11/h2-3,15H,1H3/b13-8+. The van der Waals surface area contributed by atoms with Crippen LogP contribution in [-0.2, 0) is 9.53 Å². The van der Waals surface area contributed by atoms with Crippen molar-refractivity contribution in [2.45, 2.75) is 0 Å². The van der Waals surface area contributed by atoms with Crippen molar-refractivity contribution in [3.63, 3.8) is 0 Å². The summed E-state index contributed by atoms with van der Waals surface area (Å²) in [6.45, 7) is 0. The Labute approximate surface area is 87.9 Å². The number of methoxy groups -OCH3 is 1. The third-order valence-electron chi connectivity index (χ3n) is 1.77. The molecule has 1 aromatic carbocycles. The molecule has 0 aliphatic rings. The number of halogens is 3. The van der Waals surface area contributed by atoms with Crippen molar-refractivity contribution in [2.24, 2.45) is 5.16 Å². The van der Waals surface area contributed by atoms with Gasteiger partial charge in [-0.3, -0.25) is 0 Å². The zero-order valence-corrected chi connectivity index (χ0v) is 8.00. The quantitative estimate of drug-likeness (QED) is 0.276. The van der Waals surface area contributed by atoms with E-state index in [-0.39, 0.29) is 0 Å². The number of oxime groups is 1. The second-order valence-electron chi connectivity index (χ2n) is 2.66. The van der Waals surface area contributed by atoms with E-state index in [4.69, 9.17) is 5.21 Å². The molecule has 0 saturated heterocycles. The molecule has 1 rings (SSSR count). The Morgan fingerprint density at radius 1 is 1.31 bits per heavy atom. The minimum absolute atomic E-state index is 0.599. The molecule has 16 heavy (non-hydrogen) atoms. The second kappa shape index (κ2) is 4.65. The molecule has 1 N–H and O–H groups in total. The van der Waals surface area contributed by atoms with Crippen LogP contribution < -0.4 is 0 Å². The van der Waals surface area contributed by atoms with Gasteiger partial charge in [0.2, 0.25) is 0 Å². The van der Waals surface area contributed by atoms with E-state index in [0.29, 0.717) is 6.07 Å². The monoisotopic (exact) mass is 233 g/mol. The van der Waals surface area contributed by atoms with Gasteiger partial charge in [-0.15, -0.1) is 0 Å². The van der Waals surface area contributed by atoms with Crippen molar-refractivity contribution in [1.29, 1.82) is 0 Å². The van der Waals surface area contributed by atoms with Crippen LogP contribution in [0.15, 0.2) is 17.3 Å². The van der Waals surface area contributed by atoms with Crippen molar-refractivity contribution in [1.82, 2.24) is 0 Å². The summed E-state index contributed by atoms with van der Waals surface area (Å²) in [5.41, 5.74) is -1.54. The lowest BCUT2D eigenvalue weighted by molar-refractivity contribution is -0.132. The second-order valence-corrected chi connectivity index (χ2v) is 2.66. The number of nitrogens with zero attached hydrogens (tertiary/aromatic N) is 1. The smallest absolute Gasteiger partial charge is 0.360 e. The van der Waals surface area contributed by atoms with Crippen molar-refractivity contribution in [3.8, 4) is 0 Å². The molecule has 0 radical (unpaired) electrons. The Morgan fingerprint density at radius 2 is 1.94 bits per heavy atom. The van der Waals surface area contributed by atoms with Crippen molar-refractivity contribution < 1.29 is 27.9 Å². The molecular formula is C9H6F3NO3. The van der Waals surface area contributed by atoms with Crippen LogP contribution in [0.3, 0.4) is 0 Å². The molecule has 0 heterocycles. The van der Waals surface area contributed by atoms with Crippen LogP contribution >= 0.6 is 0 Å². The molecule has 0 aromatic heterocycles. The Bertz CT molecular complexity index is 460. The zero-order chi connectivity index (χ0) is 12.3. The predicted octanol–water partition coefficient (Wildman–Crippen LogP) is 1.46. The van der Waals surface area contributed by atoms with Gasteiger partial charge in [0.1, 0.15) is 0 Å². The number of carbonyl (C=O) groups is 1. The average molecular weight is 233 g/mol. The maximum absolute atomic E-state index is 13.2. The summed E-state index contributed by atoms with van der Waals surface area (Å²) in [5.74, 6) is -5.98. The molecule has 1 aromatic rings. The van der Waals surface area contributed by atoms with Gasteiger partial charge in [0.05, 0.1) is 12.7 Å². The number of esters is 1. The molecule has 4 nitrogen and oxygen atoms in total. The SMILES string of the molecule is COC(=O)/C(=N/O)c1ccc(F)c(F)c1F. The molecule has 0 aliphatic carbocycles. The van der Waals surface area contributed by atoms with Crippen molar-refractivity contribution in [2.75, 3.05) is 7.11 Å². The van der Waals surface area contributed by atoms with Gasteiger partial charge in [-0.2, -0.15) is 0 Å². The third kappa shape index (κ3) is 1.97. The van der Waals surface area contributed by atoms with Crippen LogP contribution in [-0.4, -0.2) is 24.0 Å². The van der Waals surface area contributed by atoms with E-state index in [1.165, 1.54) is 0 Å². The number of benzene rings is 1. The third-order valence-corrected chi connectivity index (χ3v) is 1.77. The summed E-state index contributed by atoms with van der Waals surface area (Å²) in [6, 6.07) is 1.36. The lowest BCUT2D eigenvalue weighted by atomic mass is 10.1. The van der Waals surface area contributed by atoms with E-state index in [1.54, 1.807) is 0 Å². The molecule has 0 unspecified atom stereocenters. The van der Waals surface area contributed by atoms with Crippen LogP contribution in [0, 0.1) is 17.5 Å². The average Bonchev–Trinajstić information content (AvgIpc) is 2.29. The number of hydrogen-bond donors (Lipinski definition) is 1. The topological polar surface area (TPSA) is 58.9 Å². The Balaban J connectivity index is 3.34. The first-order valence-electron chi connectivity index (χ1n) is 3.97. The summed E-state index contributed by atoms with van der Waals surface area (Å²) < 4.78 is 42.7. The maximum atomic E-state index is 13.2. The Hall–Kier alpha value is -2.05. The fourth-order valence-corrected chi connectivity index (χ4v) is 1.01. The Kier molecular flexibility index (Phi) is 3.49. The molecule has 0 amide bonds. The predicted molar refractivity (Wildman–Crippen MR) is 46.7 cm³/mol. The molecular weight excluding hydrogens is 227 g/mol. The fourth-order valence-electron chi connectivity index (χ4n) is 1.01. The highest BCUT2D eigenvalue weighted by molar-refractivity contribution is 6.43. The summed E-state index contributed by atoms with van der Waals surface area (Å²) in [5, 5.41) is 10.9. The maximum Gasteiger partial charge on any atom is 0.360 e. The van der Waals surface area contributed by atoms with Gasteiger partial charge in [0, 0.05) is 0 Å². The fraction of sp³-hybridized carbons (Fsp3) is 0.111. The molecule has 7 heteroatoms. The largest absolute Gasteiger partial charge is 0.464 e. The minimum Gasteiger partial charge on any atom is -0.464 e. The molecule has 86 valence electrons. The van der Waals surface area contributed by atoms with E-state index in [1.807, 2.05) is 0 Å². The zero-order valence-electron chi connectivity index (χ0n) is 8.00. The van der Waals surface area contributed by atoms with E-state index in [0.717, 1.165) is 13.2 Å². The molecule has 0 fully saturated rings. The van der Waals surface area contributed by atoms with Gasteiger partial charge in [-0.05, 0) is 12.1 Å². The van der Waals surface area contributed by atoms with Gasteiger partial charge in [0.15, 0.2) is 23.2 Å². The summed E-state index contributed by atoms with van der Waals surface area (Å²) in [4.78, 5) is 11.0. The highest BCUT2D eigenvalue weighted by Crippen LogP contribution is 2.16. The van der Waals surface area contributed by atoms with E-state index < -0.39 is 34.7 Å². The van der Waals surface area contributed by atoms with Crippen LogP contribution in [0.5, 0.6) is 0 Å². The van der Waals surface area contributed by atoms with Crippen LogP contribution in [0.2, 0.25) is 0 Å². The number of hydrogen-bond acceptors (Lipinski definition) is 4. The molecule has 0 spiro atoms. The van der Waals surface area contributed by atoms with Gasteiger partial charge in [-0.25, -0.2) is 18.0 Å². The first-order chi connectivity index (χ1) is 7.52. The van der Waals surface area contributed by atoms with E-state index in [2.05, 4.69) is 9.89 Å². The highest BCUT2D eigenvalue weighted by Gasteiger charge is 2.23. The number of rotatable bonds is 2. The van der Waals surface area contributed by atoms with Gasteiger partial charge in [0.25, 0.3) is 0 Å². The van der Waals surface area contributed by atoms with Crippen LogP contribution in [0.25, 0.3) is 0 Å². The van der Waals surface area contributed by atoms with E-state index >= 15 is 0 Å². The normalized spacial score (nSPS) is 11.4. The van der Waals surface area contributed by atoms with Crippen molar-refractivity contribution >= 4 is 11.7 Å². The summed E-state index contributed by atoms with van der Waals surface area (Å²) in [6.07, 6.45) is 0. The van der Waals surface area contributed by atoms with Gasteiger partial charge >= 0.3 is 5.97 Å². The van der Waals surface area contributed by atoms with Crippen molar-refractivity contribution in [3.05, 3.63) is 35.1 Å². The number of carbonyl (C=O) groups excluding carboxylic acids is 1. The lowest BCUT2D eigenvalue weighted by Crippen LogP contribution is -2.19. The van der Waals surface area contributed by atoms with Crippen LogP contribution in [0.4, 0.5) is 13.2 Å². The first kappa shape index (κ1) is 12.0. The minimum atomic E-state index is -1.76. The molecule has 0 atom stereocenters. The lowest BCUT2D eigenvalue weighted by Gasteiger charge is -2.04. The molecule has 0 bridgehead atoms. The van der Waals surface area contributed by atoms with Gasteiger partial charge in [-0.1, -0.05) is 5.16 Å². The van der Waals surface area contributed by atoms with E-state index in [9.17, 15) is 18.0 Å². The molecule has 0 aliphatic heterocycles.